The molecule has 130 valence electrons. The molecule has 4 aliphatic rings. The lowest BCUT2D eigenvalue weighted by Gasteiger charge is -2.61. The van der Waals surface area contributed by atoms with Crippen LogP contribution in [0.3, 0.4) is 0 Å². The Morgan fingerprint density at radius 1 is 1.17 bits per heavy atom. The summed E-state index contributed by atoms with van der Waals surface area (Å²) in [5, 5.41) is 3.28. The number of carbonyl (C=O) groups excluding carboxylic acids is 1. The van der Waals surface area contributed by atoms with E-state index >= 15 is 0 Å². The van der Waals surface area contributed by atoms with E-state index in [2.05, 4.69) is 42.6 Å². The molecule has 0 aliphatic heterocycles. The molecule has 0 spiro atoms. The first kappa shape index (κ1) is 16.5. The molecule has 0 heterocycles. The van der Waals surface area contributed by atoms with Gasteiger partial charge in [0.15, 0.2) is 0 Å². The van der Waals surface area contributed by atoms with E-state index in [0.717, 1.165) is 49.1 Å². The molecule has 5 rings (SSSR count). The Morgan fingerprint density at radius 3 is 2.54 bits per heavy atom. The van der Waals surface area contributed by atoms with Gasteiger partial charge in [0, 0.05) is 12.3 Å². The lowest BCUT2D eigenvalue weighted by molar-refractivity contribution is -0.149. The highest BCUT2D eigenvalue weighted by Crippen LogP contribution is 2.65. The van der Waals surface area contributed by atoms with Gasteiger partial charge in [-0.15, -0.1) is 0 Å². The summed E-state index contributed by atoms with van der Waals surface area (Å²) < 4.78 is 0. The van der Waals surface area contributed by atoms with Gasteiger partial charge in [-0.25, -0.2) is 0 Å². The van der Waals surface area contributed by atoms with E-state index in [1.165, 1.54) is 24.8 Å². The van der Waals surface area contributed by atoms with Gasteiger partial charge >= 0.3 is 0 Å². The maximum atomic E-state index is 13.1. The first-order chi connectivity index (χ1) is 11.7. The van der Waals surface area contributed by atoms with Gasteiger partial charge in [-0.3, -0.25) is 4.79 Å². The molecule has 0 saturated heterocycles. The van der Waals surface area contributed by atoms with Crippen molar-refractivity contribution < 1.29 is 4.79 Å². The Morgan fingerprint density at radius 2 is 1.88 bits per heavy atom. The quantitative estimate of drug-likeness (QED) is 0.776. The normalized spacial score (nSPS) is 36.7. The number of rotatable bonds is 6. The third-order valence-electron chi connectivity index (χ3n) is 6.67. The smallest absolute Gasteiger partial charge is 0.226 e. The Hall–Kier alpha value is -0.960. The number of nitrogens with one attached hydrogen (secondary N) is 1. The van der Waals surface area contributed by atoms with Gasteiger partial charge in [-0.05, 0) is 67.1 Å². The Kier molecular flexibility index (Phi) is 4.40. The number of carbonyl (C=O) groups is 1. The van der Waals surface area contributed by atoms with Gasteiger partial charge in [0.2, 0.25) is 5.91 Å². The molecule has 1 aromatic carbocycles. The molecule has 2 unspecified atom stereocenters. The minimum Gasteiger partial charge on any atom is -0.355 e. The largest absolute Gasteiger partial charge is 0.355 e. The number of hydrogen-bond donors (Lipinski definition) is 1. The monoisotopic (exact) mass is 343 g/mol. The van der Waals surface area contributed by atoms with E-state index in [9.17, 15) is 4.79 Å². The van der Waals surface area contributed by atoms with Crippen molar-refractivity contribution in [1.82, 2.24) is 5.32 Å². The van der Waals surface area contributed by atoms with Crippen molar-refractivity contribution in [3.63, 3.8) is 0 Å². The second-order valence-corrected chi connectivity index (χ2v) is 9.73. The summed E-state index contributed by atoms with van der Waals surface area (Å²) in [6.45, 7) is 3.00. The molecule has 4 fully saturated rings. The average molecular weight is 344 g/mol. The molecule has 3 heteroatoms. The van der Waals surface area contributed by atoms with Crippen LogP contribution in [0.15, 0.2) is 30.3 Å². The van der Waals surface area contributed by atoms with E-state index in [-0.39, 0.29) is 10.8 Å². The summed E-state index contributed by atoms with van der Waals surface area (Å²) >= 11 is 1.91. The van der Waals surface area contributed by atoms with Crippen LogP contribution in [0.5, 0.6) is 0 Å². The van der Waals surface area contributed by atoms with Crippen LogP contribution in [0.25, 0.3) is 0 Å². The minimum atomic E-state index is -0.0865. The fourth-order valence-corrected chi connectivity index (χ4v) is 6.76. The van der Waals surface area contributed by atoms with E-state index in [1.807, 2.05) is 11.8 Å². The van der Waals surface area contributed by atoms with Crippen molar-refractivity contribution in [2.24, 2.45) is 17.3 Å². The van der Waals surface area contributed by atoms with Crippen LogP contribution in [0.2, 0.25) is 0 Å². The van der Waals surface area contributed by atoms with Crippen LogP contribution < -0.4 is 5.32 Å². The molecular weight excluding hydrogens is 314 g/mol. The van der Waals surface area contributed by atoms with Crippen LogP contribution in [-0.4, -0.2) is 24.0 Å². The maximum Gasteiger partial charge on any atom is 0.226 e. The van der Waals surface area contributed by atoms with E-state index in [0.29, 0.717) is 5.91 Å². The van der Waals surface area contributed by atoms with Gasteiger partial charge in [-0.2, -0.15) is 11.8 Å². The van der Waals surface area contributed by atoms with E-state index < -0.39 is 0 Å². The van der Waals surface area contributed by atoms with Crippen molar-refractivity contribution in [2.75, 3.05) is 18.1 Å². The average Bonchev–Trinajstić information content (AvgIpc) is 2.58. The zero-order chi connectivity index (χ0) is 16.6. The molecule has 0 aromatic heterocycles. The summed E-state index contributed by atoms with van der Waals surface area (Å²) in [6.07, 6.45) is 7.29. The van der Waals surface area contributed by atoms with Crippen molar-refractivity contribution >= 4 is 17.7 Å². The highest BCUT2D eigenvalue weighted by Gasteiger charge is 2.60. The fourth-order valence-electron chi connectivity index (χ4n) is 6.23. The Labute approximate surface area is 150 Å². The lowest BCUT2D eigenvalue weighted by atomic mass is 9.42. The predicted molar refractivity (Wildman–Crippen MR) is 101 cm³/mol. The zero-order valence-electron chi connectivity index (χ0n) is 14.7. The summed E-state index contributed by atoms with van der Waals surface area (Å²) in [6, 6.07) is 11.1. The molecule has 24 heavy (non-hydrogen) atoms. The summed E-state index contributed by atoms with van der Waals surface area (Å²) in [5.41, 5.74) is 1.66. The molecule has 1 aromatic rings. The van der Waals surface area contributed by atoms with Gasteiger partial charge in [0.25, 0.3) is 0 Å². The molecule has 4 saturated carbocycles. The minimum absolute atomic E-state index is 0.0865. The first-order valence-corrected chi connectivity index (χ1v) is 10.7. The number of benzene rings is 1. The number of thioether (sulfide) groups is 1. The summed E-state index contributed by atoms with van der Waals surface area (Å²) in [4.78, 5) is 13.1. The molecule has 1 amide bonds. The number of hydrogen-bond acceptors (Lipinski definition) is 2. The van der Waals surface area contributed by atoms with Crippen LogP contribution in [-0.2, 0) is 10.2 Å². The highest BCUT2D eigenvalue weighted by molar-refractivity contribution is 7.99. The lowest BCUT2D eigenvalue weighted by Crippen LogP contribution is -2.59. The van der Waals surface area contributed by atoms with Crippen molar-refractivity contribution in [3.8, 4) is 0 Å². The SMILES string of the molecule is CCSCCNC(=O)C12C[C@H]3C[C@@H](C1)CC(c1ccccc1)(C3)C2. The third kappa shape index (κ3) is 2.79. The number of amides is 1. The Bertz CT molecular complexity index is 585. The molecular formula is C21H29NOS. The maximum absolute atomic E-state index is 13.1. The van der Waals surface area contributed by atoms with E-state index in [1.54, 1.807) is 0 Å². The molecule has 4 bridgehead atoms. The van der Waals surface area contributed by atoms with Crippen molar-refractivity contribution in [3.05, 3.63) is 35.9 Å². The van der Waals surface area contributed by atoms with Gasteiger partial charge in [0.05, 0.1) is 5.41 Å². The Balaban J connectivity index is 1.56. The van der Waals surface area contributed by atoms with Crippen LogP contribution in [0, 0.1) is 17.3 Å². The second-order valence-electron chi connectivity index (χ2n) is 8.34. The van der Waals surface area contributed by atoms with Crippen molar-refractivity contribution in [1.29, 1.82) is 0 Å². The first-order valence-electron chi connectivity index (χ1n) is 9.57. The van der Waals surface area contributed by atoms with Gasteiger partial charge in [-0.1, -0.05) is 37.3 Å². The van der Waals surface area contributed by atoms with Crippen molar-refractivity contribution in [2.45, 2.75) is 50.9 Å². The van der Waals surface area contributed by atoms with Gasteiger partial charge < -0.3 is 5.32 Å². The van der Waals surface area contributed by atoms with E-state index in [4.69, 9.17) is 0 Å². The van der Waals surface area contributed by atoms with Gasteiger partial charge in [0.1, 0.15) is 0 Å². The standard InChI is InChI=1S/C21H29NOS/c1-2-24-9-8-22-19(23)21-13-16-10-17(14-21)12-20(11-16,15-21)18-6-4-3-5-7-18/h3-7,16-17H,2,8-15H2,1H3,(H,22,23)/t16-,17+,20?,21?. The van der Waals surface area contributed by atoms with Crippen LogP contribution in [0.4, 0.5) is 0 Å². The topological polar surface area (TPSA) is 29.1 Å². The second kappa shape index (κ2) is 6.40. The predicted octanol–water partition coefficient (Wildman–Crippen LogP) is 4.39. The molecule has 4 aliphatic carbocycles. The molecule has 1 N–H and O–H groups in total. The summed E-state index contributed by atoms with van der Waals surface area (Å²) in [7, 11) is 0. The summed E-state index contributed by atoms with van der Waals surface area (Å²) in [5.74, 6) is 4.02. The fraction of sp³-hybridized carbons (Fsp3) is 0.667. The van der Waals surface area contributed by atoms with Crippen LogP contribution in [0.1, 0.15) is 51.0 Å². The molecule has 2 nitrogen and oxygen atoms in total. The molecule has 4 atom stereocenters. The highest BCUT2D eigenvalue weighted by atomic mass is 32.2. The third-order valence-corrected chi connectivity index (χ3v) is 7.57. The molecule has 0 radical (unpaired) electrons. The van der Waals surface area contributed by atoms with Crippen LogP contribution >= 0.6 is 11.8 Å². The zero-order valence-corrected chi connectivity index (χ0v) is 15.5.